The van der Waals surface area contributed by atoms with Crippen LogP contribution in [0.2, 0.25) is 0 Å². The van der Waals surface area contributed by atoms with Crippen LogP contribution < -0.4 is 5.73 Å². The third-order valence-electron chi connectivity index (χ3n) is 4.31. The summed E-state index contributed by atoms with van der Waals surface area (Å²) in [4.78, 5) is 0.376. The first-order valence-electron chi connectivity index (χ1n) is 7.84. The molecule has 1 aromatic carbocycles. The maximum atomic E-state index is 12.7. The van der Waals surface area contributed by atoms with Crippen molar-refractivity contribution in [3.8, 4) is 0 Å². The molecule has 0 bridgehead atoms. The van der Waals surface area contributed by atoms with E-state index in [0.29, 0.717) is 23.9 Å². The van der Waals surface area contributed by atoms with E-state index < -0.39 is 10.0 Å². The summed E-state index contributed by atoms with van der Waals surface area (Å²) >= 11 is 0. The highest BCUT2D eigenvalue weighted by atomic mass is 32.2. The molecule has 1 aromatic rings. The van der Waals surface area contributed by atoms with Gasteiger partial charge in [-0.15, -0.1) is 0 Å². The van der Waals surface area contributed by atoms with Crippen molar-refractivity contribution in [2.75, 3.05) is 13.1 Å². The molecule has 1 aliphatic rings. The normalized spacial score (nSPS) is 21.6. The van der Waals surface area contributed by atoms with Crippen molar-refractivity contribution in [2.45, 2.75) is 50.5 Å². The molecule has 1 heterocycles. The second-order valence-electron chi connectivity index (χ2n) is 5.89. The van der Waals surface area contributed by atoms with Crippen LogP contribution in [0.5, 0.6) is 0 Å². The summed E-state index contributed by atoms with van der Waals surface area (Å²) in [6.45, 7) is 5.44. The molecule has 2 unspecified atom stereocenters. The fourth-order valence-electron chi connectivity index (χ4n) is 2.95. The minimum atomic E-state index is -3.38. The van der Waals surface area contributed by atoms with Crippen LogP contribution in [0.3, 0.4) is 0 Å². The number of rotatable bonds is 6. The van der Waals surface area contributed by atoms with Gasteiger partial charge in [-0.3, -0.25) is 0 Å². The van der Waals surface area contributed by atoms with Gasteiger partial charge in [-0.2, -0.15) is 4.31 Å². The zero-order valence-electron chi connectivity index (χ0n) is 13.0. The number of hydrogen-bond donors (Lipinski definition) is 1. The molecule has 0 aromatic heterocycles. The molecule has 2 N–H and O–H groups in total. The quantitative estimate of drug-likeness (QED) is 0.878. The van der Waals surface area contributed by atoms with Gasteiger partial charge < -0.3 is 5.73 Å². The molecule has 5 heteroatoms. The van der Waals surface area contributed by atoms with Crippen molar-refractivity contribution in [2.24, 2.45) is 11.7 Å². The van der Waals surface area contributed by atoms with Crippen molar-refractivity contribution in [1.29, 1.82) is 0 Å². The largest absolute Gasteiger partial charge is 0.324 e. The van der Waals surface area contributed by atoms with Gasteiger partial charge in [-0.1, -0.05) is 32.4 Å². The van der Waals surface area contributed by atoms with Gasteiger partial charge >= 0.3 is 0 Å². The second-order valence-corrected chi connectivity index (χ2v) is 7.83. The lowest BCUT2D eigenvalue weighted by Crippen LogP contribution is -2.29. The Morgan fingerprint density at radius 3 is 2.81 bits per heavy atom. The van der Waals surface area contributed by atoms with E-state index in [1.54, 1.807) is 22.5 Å². The van der Waals surface area contributed by atoms with E-state index in [9.17, 15) is 8.42 Å². The van der Waals surface area contributed by atoms with E-state index in [-0.39, 0.29) is 6.04 Å². The van der Waals surface area contributed by atoms with Crippen LogP contribution >= 0.6 is 0 Å². The number of sulfonamides is 1. The summed E-state index contributed by atoms with van der Waals surface area (Å²) in [6, 6.07) is 6.99. The fourth-order valence-corrected chi connectivity index (χ4v) is 4.54. The summed E-state index contributed by atoms with van der Waals surface area (Å²) in [7, 11) is -3.38. The van der Waals surface area contributed by atoms with E-state index in [1.807, 2.05) is 13.0 Å². The highest BCUT2D eigenvalue weighted by molar-refractivity contribution is 7.89. The summed E-state index contributed by atoms with van der Waals surface area (Å²) in [5.74, 6) is 0.505. The topological polar surface area (TPSA) is 63.4 Å². The van der Waals surface area contributed by atoms with Crippen molar-refractivity contribution in [1.82, 2.24) is 4.31 Å². The molecule has 1 fully saturated rings. The Kier molecular flexibility index (Phi) is 5.41. The Hall–Kier alpha value is -0.910. The molecular weight excluding hydrogens is 284 g/mol. The Labute approximate surface area is 128 Å². The lowest BCUT2D eigenvalue weighted by Gasteiger charge is -2.18. The molecule has 118 valence electrons. The summed E-state index contributed by atoms with van der Waals surface area (Å²) < 4.78 is 27.1. The average Bonchev–Trinajstić information content (AvgIpc) is 2.96. The third kappa shape index (κ3) is 3.65. The van der Waals surface area contributed by atoms with E-state index in [0.717, 1.165) is 31.2 Å². The molecule has 0 aliphatic carbocycles. The number of nitrogens with two attached hydrogens (primary N) is 1. The molecule has 2 atom stereocenters. The minimum absolute atomic E-state index is 0.105. The molecule has 0 spiro atoms. The number of nitrogens with zero attached hydrogens (tertiary/aromatic N) is 1. The molecule has 0 saturated carbocycles. The molecule has 1 saturated heterocycles. The standard InChI is InChI=1S/C16H26N2O2S/c1-3-6-13-9-10-18(12-13)21(19,20)15-8-5-7-14(11-15)16(17)4-2/h5,7-8,11,13,16H,3-4,6,9-10,12,17H2,1-2H3. The van der Waals surface area contributed by atoms with Crippen LogP contribution in [0.1, 0.15) is 51.1 Å². The lowest BCUT2D eigenvalue weighted by atomic mass is 10.0. The van der Waals surface area contributed by atoms with Gasteiger partial charge in [0.2, 0.25) is 10.0 Å². The maximum absolute atomic E-state index is 12.7. The van der Waals surface area contributed by atoms with Gasteiger partial charge in [0.15, 0.2) is 0 Å². The third-order valence-corrected chi connectivity index (χ3v) is 6.17. The Balaban J connectivity index is 2.20. The molecule has 1 aliphatic heterocycles. The zero-order chi connectivity index (χ0) is 15.5. The molecule has 21 heavy (non-hydrogen) atoms. The summed E-state index contributed by atoms with van der Waals surface area (Å²) in [6.07, 6.45) is 3.99. The molecule has 0 amide bonds. The van der Waals surface area contributed by atoms with E-state index >= 15 is 0 Å². The second kappa shape index (κ2) is 6.90. The molecule has 4 nitrogen and oxygen atoms in total. The van der Waals surface area contributed by atoms with Crippen molar-refractivity contribution >= 4 is 10.0 Å². The van der Waals surface area contributed by atoms with Crippen LogP contribution in [0.25, 0.3) is 0 Å². The van der Waals surface area contributed by atoms with Crippen LogP contribution in [0, 0.1) is 5.92 Å². The fraction of sp³-hybridized carbons (Fsp3) is 0.625. The van der Waals surface area contributed by atoms with Crippen LogP contribution in [0.15, 0.2) is 29.2 Å². The van der Waals surface area contributed by atoms with Gasteiger partial charge in [0.1, 0.15) is 0 Å². The molecule has 0 radical (unpaired) electrons. The monoisotopic (exact) mass is 310 g/mol. The highest BCUT2D eigenvalue weighted by Crippen LogP contribution is 2.28. The summed E-state index contributed by atoms with van der Waals surface area (Å²) in [5, 5.41) is 0. The predicted molar refractivity (Wildman–Crippen MR) is 85.4 cm³/mol. The van der Waals surface area contributed by atoms with Gasteiger partial charge in [0, 0.05) is 19.1 Å². The van der Waals surface area contributed by atoms with Crippen LogP contribution in [0.4, 0.5) is 0 Å². The van der Waals surface area contributed by atoms with Gasteiger partial charge in [0.05, 0.1) is 4.90 Å². The van der Waals surface area contributed by atoms with Crippen LogP contribution in [-0.2, 0) is 10.0 Å². The van der Waals surface area contributed by atoms with E-state index in [2.05, 4.69) is 6.92 Å². The van der Waals surface area contributed by atoms with Gasteiger partial charge in [0.25, 0.3) is 0 Å². The smallest absolute Gasteiger partial charge is 0.243 e. The highest BCUT2D eigenvalue weighted by Gasteiger charge is 2.32. The van der Waals surface area contributed by atoms with Gasteiger partial charge in [-0.25, -0.2) is 8.42 Å². The number of benzene rings is 1. The minimum Gasteiger partial charge on any atom is -0.324 e. The first-order valence-corrected chi connectivity index (χ1v) is 9.28. The predicted octanol–water partition coefficient (Wildman–Crippen LogP) is 2.91. The Bertz CT molecular complexity index is 571. The summed E-state index contributed by atoms with van der Waals surface area (Å²) in [5.41, 5.74) is 6.90. The molecular formula is C16H26N2O2S. The first-order chi connectivity index (χ1) is 9.98. The zero-order valence-corrected chi connectivity index (χ0v) is 13.8. The van der Waals surface area contributed by atoms with Crippen molar-refractivity contribution < 1.29 is 8.42 Å². The first kappa shape index (κ1) is 16.5. The Morgan fingerprint density at radius 2 is 2.14 bits per heavy atom. The average molecular weight is 310 g/mol. The SMILES string of the molecule is CCCC1CCN(S(=O)(=O)c2cccc(C(N)CC)c2)C1. The number of hydrogen-bond acceptors (Lipinski definition) is 3. The van der Waals surface area contributed by atoms with E-state index in [4.69, 9.17) is 5.73 Å². The van der Waals surface area contributed by atoms with Crippen LogP contribution in [-0.4, -0.2) is 25.8 Å². The molecule has 2 rings (SSSR count). The van der Waals surface area contributed by atoms with Gasteiger partial charge in [-0.05, 0) is 42.9 Å². The Morgan fingerprint density at radius 1 is 1.38 bits per heavy atom. The maximum Gasteiger partial charge on any atom is 0.243 e. The van der Waals surface area contributed by atoms with E-state index in [1.165, 1.54) is 0 Å². The van der Waals surface area contributed by atoms with Crippen molar-refractivity contribution in [3.05, 3.63) is 29.8 Å². The van der Waals surface area contributed by atoms with Crippen molar-refractivity contribution in [3.63, 3.8) is 0 Å². The lowest BCUT2D eigenvalue weighted by molar-refractivity contribution is 0.444.